The van der Waals surface area contributed by atoms with Gasteiger partial charge in [-0.25, -0.2) is 0 Å². The Kier molecular flexibility index (Phi) is 5.00. The standard InChI is InChI=1S/C13H17BrO2/c1-4-5-9(2)13(15)11-8-10(14)6-7-12(11)16-3/h6-9H,4-5H2,1-3H3. The van der Waals surface area contributed by atoms with Gasteiger partial charge in [-0.3, -0.25) is 4.79 Å². The Bertz CT molecular complexity index is 374. The average molecular weight is 285 g/mol. The summed E-state index contributed by atoms with van der Waals surface area (Å²) in [5.41, 5.74) is 0.665. The van der Waals surface area contributed by atoms with Crippen molar-refractivity contribution >= 4 is 21.7 Å². The summed E-state index contributed by atoms with van der Waals surface area (Å²) >= 11 is 3.37. The highest BCUT2D eigenvalue weighted by atomic mass is 79.9. The molecule has 0 fully saturated rings. The van der Waals surface area contributed by atoms with Crippen LogP contribution in [0.15, 0.2) is 22.7 Å². The van der Waals surface area contributed by atoms with Crippen molar-refractivity contribution < 1.29 is 9.53 Å². The molecule has 0 saturated heterocycles. The number of benzene rings is 1. The number of rotatable bonds is 5. The molecule has 0 amide bonds. The van der Waals surface area contributed by atoms with Gasteiger partial charge < -0.3 is 4.74 Å². The van der Waals surface area contributed by atoms with E-state index in [2.05, 4.69) is 22.9 Å². The minimum atomic E-state index is 0.0493. The fraction of sp³-hybridized carbons (Fsp3) is 0.462. The van der Waals surface area contributed by atoms with E-state index in [4.69, 9.17) is 4.74 Å². The molecule has 3 heteroatoms. The van der Waals surface area contributed by atoms with E-state index in [0.29, 0.717) is 11.3 Å². The van der Waals surface area contributed by atoms with Gasteiger partial charge >= 0.3 is 0 Å². The van der Waals surface area contributed by atoms with E-state index in [0.717, 1.165) is 17.3 Å². The SMILES string of the molecule is CCCC(C)C(=O)c1cc(Br)ccc1OC. The van der Waals surface area contributed by atoms with Gasteiger partial charge in [-0.15, -0.1) is 0 Å². The van der Waals surface area contributed by atoms with Crippen molar-refractivity contribution in [1.29, 1.82) is 0 Å². The Labute approximate surface area is 105 Å². The van der Waals surface area contributed by atoms with Gasteiger partial charge in [0.2, 0.25) is 0 Å². The summed E-state index contributed by atoms with van der Waals surface area (Å²) in [7, 11) is 1.59. The minimum Gasteiger partial charge on any atom is -0.496 e. The summed E-state index contributed by atoms with van der Waals surface area (Å²) in [5.74, 6) is 0.851. The van der Waals surface area contributed by atoms with Crippen molar-refractivity contribution in [3.8, 4) is 5.75 Å². The zero-order chi connectivity index (χ0) is 12.1. The van der Waals surface area contributed by atoms with Gasteiger partial charge in [0.25, 0.3) is 0 Å². The lowest BCUT2D eigenvalue weighted by Gasteiger charge is -2.12. The molecule has 1 unspecified atom stereocenters. The normalized spacial score (nSPS) is 12.2. The molecule has 0 aliphatic rings. The molecule has 0 saturated carbocycles. The molecule has 0 aromatic heterocycles. The predicted molar refractivity (Wildman–Crippen MR) is 69.1 cm³/mol. The van der Waals surface area contributed by atoms with Gasteiger partial charge in [-0.05, 0) is 24.6 Å². The smallest absolute Gasteiger partial charge is 0.169 e. The Balaban J connectivity index is 3.01. The summed E-state index contributed by atoms with van der Waals surface area (Å²) < 4.78 is 6.11. The first-order chi connectivity index (χ1) is 7.60. The van der Waals surface area contributed by atoms with Crippen molar-refractivity contribution in [1.82, 2.24) is 0 Å². The first-order valence-electron chi connectivity index (χ1n) is 5.47. The van der Waals surface area contributed by atoms with Gasteiger partial charge in [0.15, 0.2) is 5.78 Å². The van der Waals surface area contributed by atoms with Crippen molar-refractivity contribution in [2.24, 2.45) is 5.92 Å². The van der Waals surface area contributed by atoms with Gasteiger partial charge in [0, 0.05) is 10.4 Å². The second-order valence-corrected chi connectivity index (χ2v) is 4.81. The fourth-order valence-electron chi connectivity index (χ4n) is 1.70. The van der Waals surface area contributed by atoms with Gasteiger partial charge in [-0.2, -0.15) is 0 Å². The number of carbonyl (C=O) groups is 1. The molecule has 0 bridgehead atoms. The third-order valence-corrected chi connectivity index (χ3v) is 3.09. The second kappa shape index (κ2) is 6.04. The molecular formula is C13H17BrO2. The maximum atomic E-state index is 12.2. The van der Waals surface area contributed by atoms with Crippen LogP contribution in [0.1, 0.15) is 37.0 Å². The number of ketones is 1. The van der Waals surface area contributed by atoms with E-state index in [1.807, 2.05) is 25.1 Å². The molecule has 0 heterocycles. The van der Waals surface area contributed by atoms with Crippen LogP contribution in [0.25, 0.3) is 0 Å². The van der Waals surface area contributed by atoms with Crippen molar-refractivity contribution in [2.75, 3.05) is 7.11 Å². The number of methoxy groups -OCH3 is 1. The summed E-state index contributed by atoms with van der Waals surface area (Å²) in [6, 6.07) is 5.52. The van der Waals surface area contributed by atoms with Crippen molar-refractivity contribution in [2.45, 2.75) is 26.7 Å². The zero-order valence-corrected chi connectivity index (χ0v) is 11.5. The molecule has 0 spiro atoms. The van der Waals surface area contributed by atoms with Crippen molar-refractivity contribution in [3.05, 3.63) is 28.2 Å². The minimum absolute atomic E-state index is 0.0493. The molecule has 0 N–H and O–H groups in total. The van der Waals surface area contributed by atoms with E-state index in [1.165, 1.54) is 0 Å². The first kappa shape index (κ1) is 13.2. The maximum absolute atomic E-state index is 12.2. The molecular weight excluding hydrogens is 268 g/mol. The maximum Gasteiger partial charge on any atom is 0.169 e. The molecule has 1 aromatic carbocycles. The number of Topliss-reactive ketones (excluding diaryl/α,β-unsaturated/α-hetero) is 1. The Morgan fingerprint density at radius 2 is 2.19 bits per heavy atom. The van der Waals surface area contributed by atoms with Crippen LogP contribution in [-0.4, -0.2) is 12.9 Å². The molecule has 88 valence electrons. The van der Waals surface area contributed by atoms with E-state index < -0.39 is 0 Å². The van der Waals surface area contributed by atoms with Crippen LogP contribution in [0.2, 0.25) is 0 Å². The van der Waals surface area contributed by atoms with Crippen molar-refractivity contribution in [3.63, 3.8) is 0 Å². The molecule has 0 radical (unpaired) electrons. The van der Waals surface area contributed by atoms with Gasteiger partial charge in [0.1, 0.15) is 5.75 Å². The summed E-state index contributed by atoms with van der Waals surface area (Å²) in [5, 5.41) is 0. The monoisotopic (exact) mass is 284 g/mol. The van der Waals surface area contributed by atoms with E-state index in [9.17, 15) is 4.79 Å². The largest absolute Gasteiger partial charge is 0.496 e. The topological polar surface area (TPSA) is 26.3 Å². The van der Waals surface area contributed by atoms with Crippen LogP contribution in [0.5, 0.6) is 5.75 Å². The molecule has 0 aliphatic heterocycles. The summed E-state index contributed by atoms with van der Waals surface area (Å²) in [4.78, 5) is 12.2. The summed E-state index contributed by atoms with van der Waals surface area (Å²) in [6.45, 7) is 4.05. The highest BCUT2D eigenvalue weighted by Gasteiger charge is 2.18. The lowest BCUT2D eigenvalue weighted by Crippen LogP contribution is -2.12. The molecule has 2 nitrogen and oxygen atoms in total. The highest BCUT2D eigenvalue weighted by Crippen LogP contribution is 2.26. The zero-order valence-electron chi connectivity index (χ0n) is 9.92. The van der Waals surface area contributed by atoms with Crippen LogP contribution in [0.3, 0.4) is 0 Å². The Morgan fingerprint density at radius 3 is 2.75 bits per heavy atom. The van der Waals surface area contributed by atoms with E-state index in [-0.39, 0.29) is 11.7 Å². The lowest BCUT2D eigenvalue weighted by molar-refractivity contribution is 0.0920. The Hall–Kier alpha value is -0.830. The molecule has 1 aromatic rings. The Morgan fingerprint density at radius 1 is 1.50 bits per heavy atom. The van der Waals surface area contributed by atoms with E-state index >= 15 is 0 Å². The van der Waals surface area contributed by atoms with Crippen LogP contribution in [-0.2, 0) is 0 Å². The predicted octanol–water partition coefficient (Wildman–Crippen LogP) is 4.08. The third kappa shape index (κ3) is 3.08. The molecule has 1 rings (SSSR count). The number of hydrogen-bond donors (Lipinski definition) is 0. The number of halogens is 1. The molecule has 16 heavy (non-hydrogen) atoms. The van der Waals surface area contributed by atoms with Crippen LogP contribution >= 0.6 is 15.9 Å². The lowest BCUT2D eigenvalue weighted by atomic mass is 9.95. The molecule has 1 atom stereocenters. The number of ether oxygens (including phenoxy) is 1. The average Bonchev–Trinajstić information content (AvgIpc) is 2.28. The number of hydrogen-bond acceptors (Lipinski definition) is 2. The fourth-order valence-corrected chi connectivity index (χ4v) is 2.06. The van der Waals surface area contributed by atoms with Gasteiger partial charge in [0.05, 0.1) is 12.7 Å². The van der Waals surface area contributed by atoms with Crippen LogP contribution < -0.4 is 4.74 Å². The van der Waals surface area contributed by atoms with E-state index in [1.54, 1.807) is 7.11 Å². The third-order valence-electron chi connectivity index (χ3n) is 2.60. The van der Waals surface area contributed by atoms with Gasteiger partial charge in [-0.1, -0.05) is 36.2 Å². The van der Waals surface area contributed by atoms with Crippen LogP contribution in [0.4, 0.5) is 0 Å². The number of carbonyl (C=O) groups excluding carboxylic acids is 1. The van der Waals surface area contributed by atoms with Crippen LogP contribution in [0, 0.1) is 5.92 Å². The summed E-state index contributed by atoms with van der Waals surface area (Å²) in [6.07, 6.45) is 1.93. The quantitative estimate of drug-likeness (QED) is 0.762. The second-order valence-electron chi connectivity index (χ2n) is 3.90. The first-order valence-corrected chi connectivity index (χ1v) is 6.27. The highest BCUT2D eigenvalue weighted by molar-refractivity contribution is 9.10. The molecule has 0 aliphatic carbocycles.